The molecule has 228 valence electrons. The molecule has 10 atom stereocenters. The maximum Gasteiger partial charge on any atom is 0.312 e. The molecule has 0 aromatic heterocycles. The van der Waals surface area contributed by atoms with E-state index in [1.807, 2.05) is 0 Å². The molecule has 12 nitrogen and oxygen atoms in total. The Morgan fingerprint density at radius 3 is 2.00 bits per heavy atom. The number of hydrogen-bond acceptors (Lipinski definition) is 12. The standard InChI is InChI=1S/C28H37ClO12/c1-13-25(34)41-22-10-18(12-29)8-9-19(37-14(2)30)26(6)20(38-15(3)31)11-21(39-16(4)32)27(7,35)23(26)24(28(13,22)36)40-17(5)33/h8-10,13,19-24,35-36H,11-12H2,1-7H3/b9-8-,18-10+/t13-,19-,20-,21+,22-,23+,24+,26-,27+,28-/m0/s1. The van der Waals surface area contributed by atoms with Gasteiger partial charge in [0.25, 0.3) is 0 Å². The zero-order chi connectivity index (χ0) is 31.1. The average molecular weight is 601 g/mol. The molecule has 0 unspecified atom stereocenters. The van der Waals surface area contributed by atoms with Gasteiger partial charge in [0, 0.05) is 45.9 Å². The number of aliphatic hydroxyl groups is 2. The van der Waals surface area contributed by atoms with E-state index < -0.39 is 88.8 Å². The minimum absolute atomic E-state index is 0.111. The lowest BCUT2D eigenvalue weighted by Crippen LogP contribution is -2.74. The van der Waals surface area contributed by atoms with Gasteiger partial charge in [0.15, 0.2) is 11.7 Å². The quantitative estimate of drug-likeness (QED) is 0.265. The molecule has 1 saturated heterocycles. The molecule has 2 aliphatic carbocycles. The summed E-state index contributed by atoms with van der Waals surface area (Å²) < 4.78 is 28.2. The lowest BCUT2D eigenvalue weighted by Gasteiger charge is -2.60. The Bertz CT molecular complexity index is 1160. The largest absolute Gasteiger partial charge is 0.462 e. The van der Waals surface area contributed by atoms with Gasteiger partial charge in [-0.05, 0) is 31.6 Å². The molecule has 1 aliphatic heterocycles. The number of carbonyl (C=O) groups excluding carboxylic acids is 5. The number of carbonyl (C=O) groups is 5. The number of rotatable bonds is 5. The molecule has 1 saturated carbocycles. The van der Waals surface area contributed by atoms with Crippen LogP contribution >= 0.6 is 11.6 Å². The summed E-state index contributed by atoms with van der Waals surface area (Å²) in [6, 6.07) is 0. The number of alkyl halides is 1. The van der Waals surface area contributed by atoms with E-state index in [1.54, 1.807) is 0 Å². The van der Waals surface area contributed by atoms with Gasteiger partial charge in [0.1, 0.15) is 30.0 Å². The van der Waals surface area contributed by atoms with Crippen molar-refractivity contribution in [2.75, 3.05) is 5.88 Å². The molecule has 0 aromatic rings. The summed E-state index contributed by atoms with van der Waals surface area (Å²) in [5, 5.41) is 24.7. The van der Waals surface area contributed by atoms with Crippen LogP contribution in [0.1, 0.15) is 54.9 Å². The van der Waals surface area contributed by atoms with E-state index in [0.717, 1.165) is 27.7 Å². The number of hydrogen-bond donors (Lipinski definition) is 2. The van der Waals surface area contributed by atoms with Crippen LogP contribution in [0.3, 0.4) is 0 Å². The molecule has 2 N–H and O–H groups in total. The van der Waals surface area contributed by atoms with Crippen LogP contribution in [0.15, 0.2) is 23.8 Å². The summed E-state index contributed by atoms with van der Waals surface area (Å²) in [5.74, 6) is -6.86. The fraction of sp³-hybridized carbons (Fsp3) is 0.679. The third-order valence-electron chi connectivity index (χ3n) is 8.40. The van der Waals surface area contributed by atoms with E-state index in [9.17, 15) is 34.2 Å². The highest BCUT2D eigenvalue weighted by molar-refractivity contribution is 6.19. The van der Waals surface area contributed by atoms with Crippen LogP contribution in [-0.2, 0) is 47.7 Å². The normalized spacial score (nSPS) is 42.2. The van der Waals surface area contributed by atoms with E-state index >= 15 is 0 Å². The van der Waals surface area contributed by atoms with Gasteiger partial charge >= 0.3 is 29.8 Å². The maximum atomic E-state index is 12.9. The van der Waals surface area contributed by atoms with Gasteiger partial charge in [-0.3, -0.25) is 24.0 Å². The first-order valence-corrected chi connectivity index (χ1v) is 13.7. The fourth-order valence-corrected chi connectivity index (χ4v) is 6.67. The highest BCUT2D eigenvalue weighted by atomic mass is 35.5. The van der Waals surface area contributed by atoms with E-state index in [2.05, 4.69) is 0 Å². The van der Waals surface area contributed by atoms with Crippen molar-refractivity contribution in [3.8, 4) is 0 Å². The van der Waals surface area contributed by atoms with E-state index in [-0.39, 0.29) is 12.3 Å². The van der Waals surface area contributed by atoms with Gasteiger partial charge in [0.2, 0.25) is 0 Å². The maximum absolute atomic E-state index is 12.9. The molecular weight excluding hydrogens is 564 g/mol. The minimum atomic E-state index is -2.32. The van der Waals surface area contributed by atoms with Crippen molar-refractivity contribution in [2.24, 2.45) is 17.3 Å². The van der Waals surface area contributed by atoms with Crippen molar-refractivity contribution < 1.29 is 57.9 Å². The zero-order valence-electron chi connectivity index (χ0n) is 24.0. The smallest absolute Gasteiger partial charge is 0.312 e. The van der Waals surface area contributed by atoms with Crippen molar-refractivity contribution in [1.29, 1.82) is 0 Å². The zero-order valence-corrected chi connectivity index (χ0v) is 24.8. The summed E-state index contributed by atoms with van der Waals surface area (Å²) >= 11 is 6.17. The monoisotopic (exact) mass is 600 g/mol. The Balaban J connectivity index is 2.50. The van der Waals surface area contributed by atoms with Crippen molar-refractivity contribution in [3.05, 3.63) is 23.8 Å². The van der Waals surface area contributed by atoms with Crippen LogP contribution in [0.2, 0.25) is 0 Å². The first-order chi connectivity index (χ1) is 18.9. The molecule has 0 amide bonds. The number of fused-ring (bicyclic) bond motifs is 2. The van der Waals surface area contributed by atoms with Gasteiger partial charge in [-0.25, -0.2) is 0 Å². The van der Waals surface area contributed by atoms with E-state index in [0.29, 0.717) is 5.57 Å². The summed E-state index contributed by atoms with van der Waals surface area (Å²) in [7, 11) is 0. The second-order valence-corrected chi connectivity index (χ2v) is 11.5. The second kappa shape index (κ2) is 11.7. The molecule has 13 heteroatoms. The Hall–Kier alpha value is -2.96. The topological polar surface area (TPSA) is 172 Å². The molecule has 2 fully saturated rings. The molecule has 0 aromatic carbocycles. The molecule has 3 rings (SSSR count). The lowest BCUT2D eigenvalue weighted by atomic mass is 9.51. The molecule has 3 aliphatic rings. The number of ether oxygens (including phenoxy) is 5. The van der Waals surface area contributed by atoms with Gasteiger partial charge in [-0.2, -0.15) is 0 Å². The summed E-state index contributed by atoms with van der Waals surface area (Å²) in [5.41, 5.74) is -5.76. The highest BCUT2D eigenvalue weighted by Crippen LogP contribution is 2.57. The Labute approximate surface area is 242 Å². The van der Waals surface area contributed by atoms with Crippen LogP contribution < -0.4 is 0 Å². The number of esters is 5. The summed E-state index contributed by atoms with van der Waals surface area (Å²) in [4.78, 5) is 62.5. The minimum Gasteiger partial charge on any atom is -0.462 e. The highest BCUT2D eigenvalue weighted by Gasteiger charge is 2.72. The SMILES string of the molecule is CC(=O)O[C@H]1/C=C\C(CCl)=C/[C@@H]2OC(=O)[C@H](C)[C@@]2(O)[C@H](OC(C)=O)[C@H]2[C@](C)(O)[C@H](OC(C)=O)C[C@H](OC(C)=O)[C@]12C. The molecule has 41 heavy (non-hydrogen) atoms. The van der Waals surface area contributed by atoms with Crippen LogP contribution in [-0.4, -0.2) is 87.7 Å². The summed E-state index contributed by atoms with van der Waals surface area (Å²) in [6.07, 6.45) is -2.92. The third kappa shape index (κ3) is 5.87. The molecule has 1 heterocycles. The van der Waals surface area contributed by atoms with Crippen molar-refractivity contribution in [2.45, 2.75) is 96.6 Å². The lowest BCUT2D eigenvalue weighted by molar-refractivity contribution is -0.286. The molecule has 0 spiro atoms. The number of halogens is 1. The van der Waals surface area contributed by atoms with Gasteiger partial charge in [0.05, 0.1) is 11.3 Å². The van der Waals surface area contributed by atoms with Crippen LogP contribution in [0.4, 0.5) is 0 Å². The van der Waals surface area contributed by atoms with Crippen molar-refractivity contribution in [1.82, 2.24) is 0 Å². The van der Waals surface area contributed by atoms with Crippen molar-refractivity contribution in [3.63, 3.8) is 0 Å². The van der Waals surface area contributed by atoms with Gasteiger partial charge in [-0.1, -0.05) is 13.0 Å². The molecule has 0 radical (unpaired) electrons. The first-order valence-electron chi connectivity index (χ1n) is 13.2. The Morgan fingerprint density at radius 2 is 1.49 bits per heavy atom. The van der Waals surface area contributed by atoms with Gasteiger partial charge in [-0.15, -0.1) is 11.6 Å². The van der Waals surface area contributed by atoms with Crippen LogP contribution in [0.25, 0.3) is 0 Å². The molecule has 0 bridgehead atoms. The fourth-order valence-electron chi connectivity index (χ4n) is 6.50. The molecular formula is C28H37ClO12. The Kier molecular flexibility index (Phi) is 9.31. The van der Waals surface area contributed by atoms with E-state index in [4.69, 9.17) is 35.3 Å². The number of allylic oxidation sites excluding steroid dienone is 2. The van der Waals surface area contributed by atoms with Crippen LogP contribution in [0.5, 0.6) is 0 Å². The average Bonchev–Trinajstić information content (AvgIpc) is 3.05. The predicted molar refractivity (Wildman–Crippen MR) is 141 cm³/mol. The second-order valence-electron chi connectivity index (χ2n) is 11.3. The van der Waals surface area contributed by atoms with Crippen LogP contribution in [0, 0.1) is 17.3 Å². The van der Waals surface area contributed by atoms with Crippen molar-refractivity contribution >= 4 is 41.4 Å². The van der Waals surface area contributed by atoms with E-state index in [1.165, 1.54) is 39.0 Å². The third-order valence-corrected chi connectivity index (χ3v) is 8.71. The summed E-state index contributed by atoms with van der Waals surface area (Å²) in [6.45, 7) is 8.72. The Morgan fingerprint density at radius 1 is 0.951 bits per heavy atom. The van der Waals surface area contributed by atoms with Gasteiger partial charge < -0.3 is 33.9 Å². The first kappa shape index (κ1) is 32.6. The predicted octanol–water partition coefficient (Wildman–Crippen LogP) is 1.52.